The number of rotatable bonds is 9. The molecule has 0 bridgehead atoms. The molecule has 7 nitrogen and oxygen atoms in total. The van der Waals surface area contributed by atoms with Crippen molar-refractivity contribution >= 4 is 23.2 Å². The van der Waals surface area contributed by atoms with Crippen LogP contribution in [0.5, 0.6) is 11.5 Å². The molecule has 0 saturated carbocycles. The SMILES string of the molecule is COc1ccccc1OC[C@H]1c2ccsc2CCN1C(=O)CN(C[C@@H]1CCCO1)C(=O)c1cccc(F)c1. The average Bonchev–Trinajstić information content (AvgIpc) is 3.63. The van der Waals surface area contributed by atoms with Gasteiger partial charge < -0.3 is 24.0 Å². The van der Waals surface area contributed by atoms with E-state index in [2.05, 4.69) is 0 Å². The third-order valence-corrected chi connectivity index (χ3v) is 8.01. The molecule has 0 aliphatic carbocycles. The van der Waals surface area contributed by atoms with E-state index in [1.54, 1.807) is 29.4 Å². The second kappa shape index (κ2) is 12.0. The zero-order valence-corrected chi connectivity index (χ0v) is 22.1. The quantitative estimate of drug-likeness (QED) is 0.394. The van der Waals surface area contributed by atoms with Crippen molar-refractivity contribution in [2.75, 3.05) is 40.0 Å². The van der Waals surface area contributed by atoms with Gasteiger partial charge in [0.2, 0.25) is 5.91 Å². The number of hydrogen-bond donors (Lipinski definition) is 0. The molecule has 2 atom stereocenters. The molecule has 0 N–H and O–H groups in total. The van der Waals surface area contributed by atoms with Gasteiger partial charge in [-0.05, 0) is 66.6 Å². The Labute approximate surface area is 225 Å². The fourth-order valence-electron chi connectivity index (χ4n) is 5.09. The van der Waals surface area contributed by atoms with Crippen molar-refractivity contribution in [2.24, 2.45) is 0 Å². The van der Waals surface area contributed by atoms with Crippen LogP contribution in [0.15, 0.2) is 60.0 Å². The lowest BCUT2D eigenvalue weighted by atomic mass is 10.00. The number of amides is 2. The molecule has 1 saturated heterocycles. The van der Waals surface area contributed by atoms with Gasteiger partial charge in [0.05, 0.1) is 19.3 Å². The zero-order valence-electron chi connectivity index (χ0n) is 21.3. The van der Waals surface area contributed by atoms with E-state index < -0.39 is 5.82 Å². The highest BCUT2D eigenvalue weighted by atomic mass is 32.1. The summed E-state index contributed by atoms with van der Waals surface area (Å²) < 4.78 is 31.2. The molecule has 1 fully saturated rings. The summed E-state index contributed by atoms with van der Waals surface area (Å²) >= 11 is 1.68. The van der Waals surface area contributed by atoms with E-state index in [-0.39, 0.29) is 49.2 Å². The largest absolute Gasteiger partial charge is 0.493 e. The number of nitrogens with zero attached hydrogens (tertiary/aromatic N) is 2. The molecule has 2 aliphatic rings. The molecule has 38 heavy (non-hydrogen) atoms. The first-order chi connectivity index (χ1) is 18.5. The Kier molecular flexibility index (Phi) is 8.24. The molecular formula is C29H31FN2O5S. The van der Waals surface area contributed by atoms with E-state index in [0.29, 0.717) is 24.7 Å². The van der Waals surface area contributed by atoms with Crippen LogP contribution in [0.3, 0.4) is 0 Å². The van der Waals surface area contributed by atoms with Gasteiger partial charge in [0.15, 0.2) is 11.5 Å². The van der Waals surface area contributed by atoms with Crippen molar-refractivity contribution in [2.45, 2.75) is 31.4 Å². The van der Waals surface area contributed by atoms with Gasteiger partial charge in [0.1, 0.15) is 19.0 Å². The molecule has 2 amide bonds. The van der Waals surface area contributed by atoms with Crippen LogP contribution in [0.25, 0.3) is 0 Å². The summed E-state index contributed by atoms with van der Waals surface area (Å²) in [7, 11) is 1.59. The molecule has 0 spiro atoms. The molecule has 0 radical (unpaired) electrons. The van der Waals surface area contributed by atoms with Crippen LogP contribution in [0, 0.1) is 5.82 Å². The van der Waals surface area contributed by atoms with E-state index in [1.165, 1.54) is 28.0 Å². The standard InChI is InChI=1S/C29H31FN2O5S/c1-35-25-9-2-3-10-26(25)37-19-24-23-12-15-38-27(23)11-13-32(24)28(33)18-31(17-22-8-5-14-36-22)29(34)20-6-4-7-21(30)16-20/h2-4,6-7,9-10,12,15-16,22,24H,5,8,11,13-14,17-19H2,1H3/t22-,24-/m0/s1. The number of fused-ring (bicyclic) bond motifs is 1. The maximum atomic E-state index is 13.9. The van der Waals surface area contributed by atoms with Crippen LogP contribution < -0.4 is 9.47 Å². The van der Waals surface area contributed by atoms with Gasteiger partial charge in [0, 0.05) is 30.1 Å². The van der Waals surface area contributed by atoms with Gasteiger partial charge in [-0.3, -0.25) is 9.59 Å². The van der Waals surface area contributed by atoms with Crippen LogP contribution in [-0.4, -0.2) is 67.7 Å². The second-order valence-electron chi connectivity index (χ2n) is 9.44. The fraction of sp³-hybridized carbons (Fsp3) is 0.379. The molecule has 5 rings (SSSR count). The van der Waals surface area contributed by atoms with Gasteiger partial charge in [0.25, 0.3) is 5.91 Å². The Morgan fingerprint density at radius 3 is 2.76 bits per heavy atom. The van der Waals surface area contributed by atoms with Crippen LogP contribution in [-0.2, 0) is 16.0 Å². The van der Waals surface area contributed by atoms with Crippen molar-refractivity contribution in [3.05, 3.63) is 81.8 Å². The highest BCUT2D eigenvalue weighted by Crippen LogP contribution is 2.35. The molecule has 3 aromatic rings. The van der Waals surface area contributed by atoms with E-state index in [0.717, 1.165) is 24.8 Å². The third kappa shape index (κ3) is 5.84. The molecule has 2 aromatic carbocycles. The van der Waals surface area contributed by atoms with Gasteiger partial charge >= 0.3 is 0 Å². The minimum Gasteiger partial charge on any atom is -0.493 e. The number of ether oxygens (including phenoxy) is 3. The molecule has 0 unspecified atom stereocenters. The number of para-hydroxylation sites is 2. The van der Waals surface area contributed by atoms with Crippen molar-refractivity contribution < 1.29 is 28.2 Å². The van der Waals surface area contributed by atoms with Gasteiger partial charge in [-0.15, -0.1) is 11.3 Å². The summed E-state index contributed by atoms with van der Waals surface area (Å²) in [4.78, 5) is 31.7. The number of benzene rings is 2. The first kappa shape index (κ1) is 26.2. The Hall–Kier alpha value is -3.43. The second-order valence-corrected chi connectivity index (χ2v) is 10.4. The number of methoxy groups -OCH3 is 1. The topological polar surface area (TPSA) is 68.3 Å². The number of halogens is 1. The monoisotopic (exact) mass is 538 g/mol. The van der Waals surface area contributed by atoms with Gasteiger partial charge in [-0.1, -0.05) is 18.2 Å². The summed E-state index contributed by atoms with van der Waals surface area (Å²) in [6.45, 7) is 1.56. The smallest absolute Gasteiger partial charge is 0.254 e. The predicted molar refractivity (Wildman–Crippen MR) is 142 cm³/mol. The third-order valence-electron chi connectivity index (χ3n) is 7.01. The minimum atomic E-state index is -0.492. The maximum absolute atomic E-state index is 13.9. The lowest BCUT2D eigenvalue weighted by Crippen LogP contribution is -2.49. The van der Waals surface area contributed by atoms with Crippen LogP contribution in [0.2, 0.25) is 0 Å². The summed E-state index contributed by atoms with van der Waals surface area (Å²) in [5, 5.41) is 2.03. The molecule has 3 heterocycles. The van der Waals surface area contributed by atoms with E-state index in [1.807, 2.05) is 35.7 Å². The van der Waals surface area contributed by atoms with Crippen molar-refractivity contribution in [1.29, 1.82) is 0 Å². The number of hydrogen-bond acceptors (Lipinski definition) is 6. The minimum absolute atomic E-state index is 0.125. The molecule has 200 valence electrons. The summed E-state index contributed by atoms with van der Waals surface area (Å²) in [6, 6.07) is 14.7. The lowest BCUT2D eigenvalue weighted by molar-refractivity contribution is -0.135. The van der Waals surface area contributed by atoms with Gasteiger partial charge in [-0.2, -0.15) is 0 Å². The Morgan fingerprint density at radius 2 is 2.00 bits per heavy atom. The first-order valence-corrected chi connectivity index (χ1v) is 13.7. The fourth-order valence-corrected chi connectivity index (χ4v) is 6.02. The highest BCUT2D eigenvalue weighted by molar-refractivity contribution is 7.10. The Bertz CT molecular complexity index is 1280. The van der Waals surface area contributed by atoms with Gasteiger partial charge in [-0.25, -0.2) is 4.39 Å². The van der Waals surface area contributed by atoms with Crippen LogP contribution in [0.4, 0.5) is 4.39 Å². The summed E-state index contributed by atoms with van der Waals surface area (Å²) in [5.41, 5.74) is 1.28. The highest BCUT2D eigenvalue weighted by Gasteiger charge is 2.34. The Morgan fingerprint density at radius 1 is 1.16 bits per heavy atom. The van der Waals surface area contributed by atoms with E-state index in [9.17, 15) is 14.0 Å². The zero-order chi connectivity index (χ0) is 26.5. The molecule has 1 aromatic heterocycles. The molecule has 9 heteroatoms. The summed E-state index contributed by atoms with van der Waals surface area (Å²) in [5.74, 6) is 0.164. The van der Waals surface area contributed by atoms with Crippen molar-refractivity contribution in [3.8, 4) is 11.5 Å². The lowest BCUT2D eigenvalue weighted by Gasteiger charge is -2.37. The maximum Gasteiger partial charge on any atom is 0.254 e. The Balaban J connectivity index is 1.36. The van der Waals surface area contributed by atoms with E-state index in [4.69, 9.17) is 14.2 Å². The van der Waals surface area contributed by atoms with Crippen LogP contribution >= 0.6 is 11.3 Å². The van der Waals surface area contributed by atoms with Crippen molar-refractivity contribution in [1.82, 2.24) is 9.80 Å². The molecular weight excluding hydrogens is 507 g/mol. The number of thiophene rings is 1. The average molecular weight is 539 g/mol. The normalized spacial score (nSPS) is 18.6. The van der Waals surface area contributed by atoms with Crippen molar-refractivity contribution in [3.63, 3.8) is 0 Å². The summed E-state index contributed by atoms with van der Waals surface area (Å²) in [6.07, 6.45) is 2.33. The number of carbonyl (C=O) groups is 2. The first-order valence-electron chi connectivity index (χ1n) is 12.8. The van der Waals surface area contributed by atoms with Crippen LogP contribution in [0.1, 0.15) is 39.7 Å². The molecule has 2 aliphatic heterocycles. The number of carbonyl (C=O) groups excluding carboxylic acids is 2. The predicted octanol–water partition coefficient (Wildman–Crippen LogP) is 4.72. The van der Waals surface area contributed by atoms with E-state index >= 15 is 0 Å².